The van der Waals surface area contributed by atoms with Crippen LogP contribution in [0.1, 0.15) is 0 Å². The molecule has 0 saturated heterocycles. The van der Waals surface area contributed by atoms with Crippen LogP contribution in [-0.4, -0.2) is 9.97 Å². The van der Waals surface area contributed by atoms with Crippen LogP contribution in [-0.2, 0) is 0 Å². The number of hydrogen-bond donors (Lipinski definition) is 0. The van der Waals surface area contributed by atoms with Crippen LogP contribution in [0.25, 0.3) is 0 Å². The number of nitrogens with zero attached hydrogens (tertiary/aromatic N) is 2. The smallest absolute Gasteiger partial charge is 0.145 e. The third-order valence-corrected chi connectivity index (χ3v) is 1.50. The summed E-state index contributed by atoms with van der Waals surface area (Å²) < 4.78 is 5.45. The molecule has 3 heteroatoms. The summed E-state index contributed by atoms with van der Waals surface area (Å²) >= 11 is 0. The standard InChI is InChI=1S/C10H8N2O/c1-3-9(7-11-5-1)13-10-4-2-6-12-8-10/h1-8H. The summed E-state index contributed by atoms with van der Waals surface area (Å²) in [7, 11) is 0. The highest BCUT2D eigenvalue weighted by atomic mass is 16.5. The maximum atomic E-state index is 5.45. The number of aromatic nitrogens is 2. The maximum Gasteiger partial charge on any atom is 0.145 e. The van der Waals surface area contributed by atoms with Crippen LogP contribution in [0, 0.1) is 0 Å². The van der Waals surface area contributed by atoms with Crippen molar-refractivity contribution in [2.24, 2.45) is 0 Å². The Bertz CT molecular complexity index is 324. The Morgan fingerprint density at radius 3 is 1.77 bits per heavy atom. The first kappa shape index (κ1) is 7.73. The van der Waals surface area contributed by atoms with Gasteiger partial charge < -0.3 is 4.74 Å². The third kappa shape index (κ3) is 2.02. The minimum absolute atomic E-state index is 0.718. The topological polar surface area (TPSA) is 35.0 Å². The van der Waals surface area contributed by atoms with Gasteiger partial charge in [-0.05, 0) is 24.3 Å². The number of rotatable bonds is 2. The van der Waals surface area contributed by atoms with E-state index in [1.807, 2.05) is 24.3 Å². The first-order chi connectivity index (χ1) is 6.45. The minimum Gasteiger partial charge on any atom is -0.454 e. The fraction of sp³-hybridized carbons (Fsp3) is 0. The fourth-order valence-corrected chi connectivity index (χ4v) is 0.951. The van der Waals surface area contributed by atoms with Crippen molar-refractivity contribution in [2.75, 3.05) is 0 Å². The van der Waals surface area contributed by atoms with Crippen molar-refractivity contribution >= 4 is 0 Å². The average Bonchev–Trinajstić information content (AvgIpc) is 2.21. The summed E-state index contributed by atoms with van der Waals surface area (Å²) in [4.78, 5) is 7.87. The molecule has 2 aromatic rings. The monoisotopic (exact) mass is 172 g/mol. The maximum absolute atomic E-state index is 5.45. The summed E-state index contributed by atoms with van der Waals surface area (Å²) in [6, 6.07) is 7.34. The zero-order valence-corrected chi connectivity index (χ0v) is 6.92. The average molecular weight is 172 g/mol. The van der Waals surface area contributed by atoms with Gasteiger partial charge in [0, 0.05) is 12.4 Å². The molecule has 0 saturated carbocycles. The molecule has 0 aromatic carbocycles. The van der Waals surface area contributed by atoms with Crippen molar-refractivity contribution in [2.45, 2.75) is 0 Å². The van der Waals surface area contributed by atoms with Crippen molar-refractivity contribution in [3.8, 4) is 11.5 Å². The highest BCUT2D eigenvalue weighted by Crippen LogP contribution is 2.17. The molecule has 0 bridgehead atoms. The lowest BCUT2D eigenvalue weighted by molar-refractivity contribution is 0.478. The summed E-state index contributed by atoms with van der Waals surface area (Å²) in [5, 5.41) is 0. The Labute approximate surface area is 76.0 Å². The Hall–Kier alpha value is -1.90. The van der Waals surface area contributed by atoms with Gasteiger partial charge in [0.1, 0.15) is 11.5 Å². The molecule has 0 radical (unpaired) electrons. The van der Waals surface area contributed by atoms with Gasteiger partial charge in [0.25, 0.3) is 0 Å². The molecule has 0 unspecified atom stereocenters. The molecule has 0 atom stereocenters. The van der Waals surface area contributed by atoms with Crippen LogP contribution in [0.15, 0.2) is 49.1 Å². The summed E-state index contributed by atoms with van der Waals surface area (Å²) in [5.74, 6) is 1.44. The van der Waals surface area contributed by atoms with E-state index >= 15 is 0 Å². The molecule has 13 heavy (non-hydrogen) atoms. The van der Waals surface area contributed by atoms with Crippen LogP contribution >= 0.6 is 0 Å². The van der Waals surface area contributed by atoms with Crippen LogP contribution < -0.4 is 4.74 Å². The largest absolute Gasteiger partial charge is 0.454 e. The van der Waals surface area contributed by atoms with Gasteiger partial charge in [-0.1, -0.05) is 0 Å². The molecule has 0 N–H and O–H groups in total. The molecule has 2 aromatic heterocycles. The van der Waals surface area contributed by atoms with E-state index < -0.39 is 0 Å². The summed E-state index contributed by atoms with van der Waals surface area (Å²) in [5.41, 5.74) is 0. The molecule has 3 nitrogen and oxygen atoms in total. The Morgan fingerprint density at radius 2 is 1.38 bits per heavy atom. The Kier molecular flexibility index (Phi) is 2.18. The molecule has 0 spiro atoms. The normalized spacial score (nSPS) is 9.54. The van der Waals surface area contributed by atoms with Gasteiger partial charge in [0.15, 0.2) is 0 Å². The van der Waals surface area contributed by atoms with E-state index in [1.54, 1.807) is 24.8 Å². The number of hydrogen-bond acceptors (Lipinski definition) is 3. The van der Waals surface area contributed by atoms with E-state index in [4.69, 9.17) is 4.74 Å². The van der Waals surface area contributed by atoms with Crippen LogP contribution in [0.4, 0.5) is 0 Å². The van der Waals surface area contributed by atoms with Crippen molar-refractivity contribution in [1.29, 1.82) is 0 Å². The molecule has 2 rings (SSSR count). The third-order valence-electron chi connectivity index (χ3n) is 1.50. The quantitative estimate of drug-likeness (QED) is 0.697. The fourth-order valence-electron chi connectivity index (χ4n) is 0.951. The predicted octanol–water partition coefficient (Wildman–Crippen LogP) is 2.27. The Morgan fingerprint density at radius 1 is 0.846 bits per heavy atom. The first-order valence-electron chi connectivity index (χ1n) is 3.93. The molecule has 2 heterocycles. The zero-order valence-electron chi connectivity index (χ0n) is 6.92. The number of pyridine rings is 2. The lowest BCUT2D eigenvalue weighted by atomic mass is 10.4. The highest BCUT2D eigenvalue weighted by molar-refractivity contribution is 5.25. The van der Waals surface area contributed by atoms with Crippen molar-refractivity contribution in [1.82, 2.24) is 9.97 Å². The summed E-state index contributed by atoms with van der Waals surface area (Å²) in [6.45, 7) is 0. The van der Waals surface area contributed by atoms with E-state index in [9.17, 15) is 0 Å². The zero-order chi connectivity index (χ0) is 8.93. The second kappa shape index (κ2) is 3.67. The van der Waals surface area contributed by atoms with Gasteiger partial charge in [-0.15, -0.1) is 0 Å². The van der Waals surface area contributed by atoms with Crippen LogP contribution in [0.2, 0.25) is 0 Å². The molecular weight excluding hydrogens is 164 g/mol. The number of ether oxygens (including phenoxy) is 1. The van der Waals surface area contributed by atoms with Crippen molar-refractivity contribution in [3.63, 3.8) is 0 Å². The lowest BCUT2D eigenvalue weighted by Gasteiger charge is -2.02. The van der Waals surface area contributed by atoms with Crippen LogP contribution in [0.5, 0.6) is 11.5 Å². The molecule has 0 fully saturated rings. The molecule has 64 valence electrons. The van der Waals surface area contributed by atoms with E-state index in [2.05, 4.69) is 9.97 Å². The molecular formula is C10H8N2O. The molecule has 0 aliphatic heterocycles. The lowest BCUT2D eigenvalue weighted by Crippen LogP contribution is -1.84. The van der Waals surface area contributed by atoms with Crippen molar-refractivity contribution < 1.29 is 4.74 Å². The highest BCUT2D eigenvalue weighted by Gasteiger charge is 1.94. The predicted molar refractivity (Wildman–Crippen MR) is 48.5 cm³/mol. The molecule has 0 aliphatic rings. The van der Waals surface area contributed by atoms with Gasteiger partial charge in [0.2, 0.25) is 0 Å². The van der Waals surface area contributed by atoms with E-state index in [1.165, 1.54) is 0 Å². The van der Waals surface area contributed by atoms with Crippen molar-refractivity contribution in [3.05, 3.63) is 49.1 Å². The van der Waals surface area contributed by atoms with Gasteiger partial charge in [-0.2, -0.15) is 0 Å². The van der Waals surface area contributed by atoms with E-state index in [0.29, 0.717) is 0 Å². The summed E-state index contributed by atoms with van der Waals surface area (Å²) in [6.07, 6.45) is 6.73. The second-order valence-electron chi connectivity index (χ2n) is 2.48. The van der Waals surface area contributed by atoms with Gasteiger partial charge in [-0.3, -0.25) is 9.97 Å². The second-order valence-corrected chi connectivity index (χ2v) is 2.48. The van der Waals surface area contributed by atoms with E-state index in [-0.39, 0.29) is 0 Å². The van der Waals surface area contributed by atoms with Crippen LogP contribution in [0.3, 0.4) is 0 Å². The van der Waals surface area contributed by atoms with E-state index in [0.717, 1.165) is 11.5 Å². The Balaban J connectivity index is 2.16. The SMILES string of the molecule is c1cncc(Oc2cccnc2)c1. The van der Waals surface area contributed by atoms with Gasteiger partial charge in [0.05, 0.1) is 12.4 Å². The first-order valence-corrected chi connectivity index (χ1v) is 3.93. The van der Waals surface area contributed by atoms with Gasteiger partial charge >= 0.3 is 0 Å². The molecule has 0 aliphatic carbocycles. The minimum atomic E-state index is 0.718. The molecule has 0 amide bonds. The van der Waals surface area contributed by atoms with Gasteiger partial charge in [-0.25, -0.2) is 0 Å².